The molecule has 0 saturated heterocycles. The van der Waals surface area contributed by atoms with Crippen molar-refractivity contribution in [1.82, 2.24) is 5.32 Å². The molecule has 0 aliphatic carbocycles. The zero-order chi connectivity index (χ0) is 12.8. The first kappa shape index (κ1) is 13.7. The second-order valence-corrected chi connectivity index (χ2v) is 5.69. The van der Waals surface area contributed by atoms with Crippen molar-refractivity contribution >= 4 is 22.4 Å². The lowest BCUT2D eigenvalue weighted by atomic mass is 10.1. The van der Waals surface area contributed by atoms with Gasteiger partial charge in [0.1, 0.15) is 0 Å². The molecule has 0 bridgehead atoms. The lowest BCUT2D eigenvalue weighted by Gasteiger charge is -2.06. The average molecular weight is 254 g/mol. The lowest BCUT2D eigenvalue weighted by Crippen LogP contribution is -2.28. The Morgan fingerprint density at radius 3 is 2.71 bits per heavy atom. The standard InChI is InChI=1S/C12H18N2O2S/c1-3-17(16)5-4-14-12(15)10-6-9(2)7-11(13)8-10/h6-8H,3-5,13H2,1-2H3,(H,14,15). The van der Waals surface area contributed by atoms with Crippen LogP contribution in [0.5, 0.6) is 0 Å². The predicted octanol–water partition coefficient (Wildman–Crippen LogP) is 1.08. The molecule has 5 heteroatoms. The molecule has 0 aliphatic rings. The normalized spacial score (nSPS) is 12.1. The monoisotopic (exact) mass is 254 g/mol. The Labute approximate surface area is 104 Å². The van der Waals surface area contributed by atoms with Gasteiger partial charge in [-0.15, -0.1) is 0 Å². The zero-order valence-corrected chi connectivity index (χ0v) is 11.0. The van der Waals surface area contributed by atoms with Crippen molar-refractivity contribution in [3.63, 3.8) is 0 Å². The summed E-state index contributed by atoms with van der Waals surface area (Å²) in [7, 11) is -0.848. The summed E-state index contributed by atoms with van der Waals surface area (Å²) in [4.78, 5) is 11.8. The molecule has 94 valence electrons. The molecule has 0 radical (unpaired) electrons. The quantitative estimate of drug-likeness (QED) is 0.772. The van der Waals surface area contributed by atoms with Gasteiger partial charge in [0.2, 0.25) is 0 Å². The highest BCUT2D eigenvalue weighted by molar-refractivity contribution is 7.84. The molecular formula is C12H18N2O2S. The van der Waals surface area contributed by atoms with Gasteiger partial charge >= 0.3 is 0 Å². The summed E-state index contributed by atoms with van der Waals surface area (Å²) in [5.74, 6) is 0.935. The Kier molecular flexibility index (Phi) is 5.15. The number of aryl methyl sites for hydroxylation is 1. The number of carbonyl (C=O) groups excluding carboxylic acids is 1. The molecule has 1 atom stereocenters. The zero-order valence-electron chi connectivity index (χ0n) is 10.2. The van der Waals surface area contributed by atoms with Crippen LogP contribution >= 0.6 is 0 Å². The molecule has 1 aromatic rings. The number of anilines is 1. The number of nitrogen functional groups attached to an aromatic ring is 1. The van der Waals surface area contributed by atoms with Crippen molar-refractivity contribution in [2.45, 2.75) is 13.8 Å². The van der Waals surface area contributed by atoms with Crippen molar-refractivity contribution in [2.24, 2.45) is 0 Å². The van der Waals surface area contributed by atoms with E-state index >= 15 is 0 Å². The Morgan fingerprint density at radius 2 is 2.12 bits per heavy atom. The van der Waals surface area contributed by atoms with Crippen molar-refractivity contribution in [1.29, 1.82) is 0 Å². The minimum Gasteiger partial charge on any atom is -0.399 e. The van der Waals surface area contributed by atoms with Crippen LogP contribution in [0.2, 0.25) is 0 Å². The van der Waals surface area contributed by atoms with Crippen LogP contribution in [-0.4, -0.2) is 28.2 Å². The van der Waals surface area contributed by atoms with Gasteiger partial charge in [-0.25, -0.2) is 0 Å². The summed E-state index contributed by atoms with van der Waals surface area (Å²) in [6.45, 7) is 4.17. The van der Waals surface area contributed by atoms with Crippen molar-refractivity contribution in [3.05, 3.63) is 29.3 Å². The highest BCUT2D eigenvalue weighted by Crippen LogP contribution is 2.10. The largest absolute Gasteiger partial charge is 0.399 e. The number of benzene rings is 1. The van der Waals surface area contributed by atoms with E-state index in [4.69, 9.17) is 5.73 Å². The molecule has 0 saturated carbocycles. The van der Waals surface area contributed by atoms with Crippen LogP contribution in [0, 0.1) is 6.92 Å². The highest BCUT2D eigenvalue weighted by atomic mass is 32.2. The van der Waals surface area contributed by atoms with Crippen LogP contribution in [0.1, 0.15) is 22.8 Å². The molecule has 0 spiro atoms. The van der Waals surface area contributed by atoms with Gasteiger partial charge in [-0.1, -0.05) is 6.92 Å². The van der Waals surface area contributed by atoms with E-state index in [1.807, 2.05) is 19.9 Å². The molecule has 0 fully saturated rings. The van der Waals surface area contributed by atoms with Gasteiger partial charge in [-0.05, 0) is 30.7 Å². The second kappa shape index (κ2) is 6.39. The molecule has 3 N–H and O–H groups in total. The van der Waals surface area contributed by atoms with E-state index < -0.39 is 10.8 Å². The molecule has 1 aromatic carbocycles. The van der Waals surface area contributed by atoms with Gasteiger partial charge in [0, 0.05) is 40.1 Å². The SMILES string of the molecule is CCS(=O)CCNC(=O)c1cc(C)cc(N)c1. The Bertz CT molecular complexity index is 412. The maximum Gasteiger partial charge on any atom is 0.251 e. The van der Waals surface area contributed by atoms with Gasteiger partial charge in [0.25, 0.3) is 5.91 Å². The summed E-state index contributed by atoms with van der Waals surface area (Å²) in [5, 5.41) is 2.73. The molecule has 1 amide bonds. The number of nitrogens with two attached hydrogens (primary N) is 1. The van der Waals surface area contributed by atoms with E-state index in [0.29, 0.717) is 29.3 Å². The van der Waals surface area contributed by atoms with Gasteiger partial charge in [-0.2, -0.15) is 0 Å². The molecule has 4 nitrogen and oxygen atoms in total. The van der Waals surface area contributed by atoms with Gasteiger partial charge in [0.15, 0.2) is 0 Å². The maximum absolute atomic E-state index is 11.8. The summed E-state index contributed by atoms with van der Waals surface area (Å²) in [6.07, 6.45) is 0. The van der Waals surface area contributed by atoms with E-state index in [1.54, 1.807) is 12.1 Å². The number of nitrogens with one attached hydrogen (secondary N) is 1. The van der Waals surface area contributed by atoms with Gasteiger partial charge in [-0.3, -0.25) is 9.00 Å². The first-order valence-electron chi connectivity index (χ1n) is 5.53. The minimum atomic E-state index is -0.848. The fourth-order valence-corrected chi connectivity index (χ4v) is 2.09. The summed E-state index contributed by atoms with van der Waals surface area (Å²) >= 11 is 0. The van der Waals surface area contributed by atoms with Crippen molar-refractivity contribution in [2.75, 3.05) is 23.8 Å². The van der Waals surface area contributed by atoms with Crippen LogP contribution in [-0.2, 0) is 10.8 Å². The molecular weight excluding hydrogens is 236 g/mol. The topological polar surface area (TPSA) is 72.2 Å². The fourth-order valence-electron chi connectivity index (χ4n) is 1.47. The molecule has 1 rings (SSSR count). The number of hydrogen-bond donors (Lipinski definition) is 2. The molecule has 0 heterocycles. The number of hydrogen-bond acceptors (Lipinski definition) is 3. The summed E-state index contributed by atoms with van der Waals surface area (Å²) < 4.78 is 11.2. The molecule has 0 aliphatic heterocycles. The molecule has 0 aromatic heterocycles. The number of rotatable bonds is 5. The van der Waals surface area contributed by atoms with E-state index in [-0.39, 0.29) is 5.91 Å². The van der Waals surface area contributed by atoms with Gasteiger partial charge in [0.05, 0.1) is 0 Å². The van der Waals surface area contributed by atoms with Crippen molar-refractivity contribution < 1.29 is 9.00 Å². The second-order valence-electron chi connectivity index (χ2n) is 3.82. The first-order chi connectivity index (χ1) is 8.02. The predicted molar refractivity (Wildman–Crippen MR) is 71.5 cm³/mol. The van der Waals surface area contributed by atoms with Crippen LogP contribution in [0.4, 0.5) is 5.69 Å². The van der Waals surface area contributed by atoms with Gasteiger partial charge < -0.3 is 11.1 Å². The molecule has 17 heavy (non-hydrogen) atoms. The number of carbonyl (C=O) groups is 1. The molecule has 1 unspecified atom stereocenters. The maximum atomic E-state index is 11.8. The fraction of sp³-hybridized carbons (Fsp3) is 0.417. The van der Waals surface area contributed by atoms with E-state index in [0.717, 1.165) is 5.56 Å². The minimum absolute atomic E-state index is 0.173. The van der Waals surface area contributed by atoms with E-state index in [1.165, 1.54) is 0 Å². The van der Waals surface area contributed by atoms with Crippen LogP contribution < -0.4 is 11.1 Å². The third-order valence-corrected chi connectivity index (χ3v) is 3.60. The smallest absolute Gasteiger partial charge is 0.251 e. The van der Waals surface area contributed by atoms with Crippen LogP contribution in [0.15, 0.2) is 18.2 Å². The number of amides is 1. The lowest BCUT2D eigenvalue weighted by molar-refractivity contribution is 0.0956. The average Bonchev–Trinajstić information content (AvgIpc) is 2.27. The Balaban J connectivity index is 2.55. The van der Waals surface area contributed by atoms with Crippen LogP contribution in [0.3, 0.4) is 0 Å². The third kappa shape index (κ3) is 4.56. The van der Waals surface area contributed by atoms with E-state index in [9.17, 15) is 9.00 Å². The first-order valence-corrected chi connectivity index (χ1v) is 7.02. The Morgan fingerprint density at radius 1 is 1.41 bits per heavy atom. The van der Waals surface area contributed by atoms with Crippen LogP contribution in [0.25, 0.3) is 0 Å². The van der Waals surface area contributed by atoms with E-state index in [2.05, 4.69) is 5.32 Å². The summed E-state index contributed by atoms with van der Waals surface area (Å²) in [6, 6.07) is 5.23. The Hall–Kier alpha value is -1.36. The third-order valence-electron chi connectivity index (χ3n) is 2.30. The highest BCUT2D eigenvalue weighted by Gasteiger charge is 2.06. The van der Waals surface area contributed by atoms with Crippen molar-refractivity contribution in [3.8, 4) is 0 Å². The summed E-state index contributed by atoms with van der Waals surface area (Å²) in [5.41, 5.74) is 7.74.